The lowest BCUT2D eigenvalue weighted by atomic mass is 10.0. The number of fused-ring (bicyclic) bond motifs is 1. The van der Waals surface area contributed by atoms with Crippen LogP contribution in [-0.4, -0.2) is 30.8 Å². The van der Waals surface area contributed by atoms with Crippen molar-refractivity contribution in [1.29, 1.82) is 0 Å². The molecule has 2 rings (SSSR count). The van der Waals surface area contributed by atoms with Gasteiger partial charge in [-0.25, -0.2) is 0 Å². The van der Waals surface area contributed by atoms with Crippen LogP contribution in [0, 0.1) is 0 Å². The molecule has 1 atom stereocenters. The molecule has 1 aliphatic heterocycles. The Morgan fingerprint density at radius 1 is 1.42 bits per heavy atom. The van der Waals surface area contributed by atoms with Crippen molar-refractivity contribution in [1.82, 2.24) is 10.6 Å². The van der Waals surface area contributed by atoms with Crippen molar-refractivity contribution in [2.45, 2.75) is 37.1 Å². The summed E-state index contributed by atoms with van der Waals surface area (Å²) in [6.07, 6.45) is 0.555. The molecule has 1 aliphatic rings. The van der Waals surface area contributed by atoms with Gasteiger partial charge in [-0.15, -0.1) is 11.8 Å². The molecular formula is C15H22N2OS. The summed E-state index contributed by atoms with van der Waals surface area (Å²) in [5, 5.41) is 6.30. The normalized spacial score (nSPS) is 17.5. The van der Waals surface area contributed by atoms with Crippen LogP contribution in [-0.2, 0) is 4.79 Å². The minimum Gasteiger partial charge on any atom is -0.354 e. The highest BCUT2D eigenvalue weighted by Gasteiger charge is 2.21. The predicted octanol–water partition coefficient (Wildman–Crippen LogP) is 2.38. The lowest BCUT2D eigenvalue weighted by Gasteiger charge is -2.12. The zero-order chi connectivity index (χ0) is 13.7. The van der Waals surface area contributed by atoms with Crippen LogP contribution in [0.25, 0.3) is 0 Å². The summed E-state index contributed by atoms with van der Waals surface area (Å²) in [4.78, 5) is 12.9. The summed E-state index contributed by atoms with van der Waals surface area (Å²) in [5.74, 6) is 1.85. The number of nitrogens with one attached hydrogen (secondary N) is 2. The van der Waals surface area contributed by atoms with Gasteiger partial charge in [0.25, 0.3) is 0 Å². The molecule has 0 aromatic heterocycles. The Labute approximate surface area is 119 Å². The van der Waals surface area contributed by atoms with Crippen molar-refractivity contribution in [2.24, 2.45) is 0 Å². The first-order chi connectivity index (χ1) is 9.16. The van der Waals surface area contributed by atoms with Crippen LogP contribution in [0.3, 0.4) is 0 Å². The van der Waals surface area contributed by atoms with E-state index in [0.29, 0.717) is 12.3 Å². The Hall–Kier alpha value is -1.00. The van der Waals surface area contributed by atoms with E-state index in [1.807, 2.05) is 25.6 Å². The van der Waals surface area contributed by atoms with Crippen molar-refractivity contribution < 1.29 is 4.79 Å². The molecule has 2 N–H and O–H groups in total. The highest BCUT2D eigenvalue weighted by atomic mass is 32.2. The molecule has 1 aromatic carbocycles. The number of benzene rings is 1. The van der Waals surface area contributed by atoms with Crippen LogP contribution in [0.5, 0.6) is 0 Å². The maximum absolute atomic E-state index is 11.5. The zero-order valence-electron chi connectivity index (χ0n) is 11.6. The minimum atomic E-state index is 0.128. The van der Waals surface area contributed by atoms with E-state index in [-0.39, 0.29) is 11.9 Å². The van der Waals surface area contributed by atoms with Gasteiger partial charge in [-0.3, -0.25) is 4.79 Å². The van der Waals surface area contributed by atoms with E-state index in [1.54, 1.807) is 0 Å². The molecule has 104 valence electrons. The second kappa shape index (κ2) is 6.96. The number of amides is 1. The summed E-state index contributed by atoms with van der Waals surface area (Å²) in [5.41, 5.74) is 1.45. The van der Waals surface area contributed by atoms with Crippen LogP contribution < -0.4 is 10.6 Å². The largest absolute Gasteiger partial charge is 0.354 e. The minimum absolute atomic E-state index is 0.128. The summed E-state index contributed by atoms with van der Waals surface area (Å²) < 4.78 is 0. The fourth-order valence-corrected chi connectivity index (χ4v) is 3.52. The van der Waals surface area contributed by atoms with E-state index < -0.39 is 0 Å². The maximum Gasteiger partial charge on any atom is 0.221 e. The molecule has 1 heterocycles. The second-order valence-corrected chi connectivity index (χ2v) is 6.28. The molecule has 19 heavy (non-hydrogen) atoms. The fourth-order valence-electron chi connectivity index (χ4n) is 2.27. The topological polar surface area (TPSA) is 41.1 Å². The van der Waals surface area contributed by atoms with Gasteiger partial charge in [-0.2, -0.15) is 0 Å². The molecule has 0 saturated carbocycles. The zero-order valence-corrected chi connectivity index (χ0v) is 12.4. The molecule has 0 saturated heterocycles. The molecule has 0 fully saturated rings. The van der Waals surface area contributed by atoms with Crippen molar-refractivity contribution in [3.63, 3.8) is 0 Å². The number of carbonyl (C=O) groups is 1. The second-order valence-electron chi connectivity index (χ2n) is 5.22. The Morgan fingerprint density at radius 3 is 3.00 bits per heavy atom. The third-order valence-corrected chi connectivity index (χ3v) is 4.42. The third-order valence-electron chi connectivity index (χ3n) is 3.17. The standard InChI is InChI=1S/C15H22N2OS/c1-11(2)17-15(18)7-8-16-9-12-10-19-14-6-4-3-5-13(12)14/h3-6,11-12,16H,7-10H2,1-2H3,(H,17,18). The molecule has 0 aliphatic carbocycles. The van der Waals surface area contributed by atoms with E-state index in [2.05, 4.69) is 34.9 Å². The molecule has 1 amide bonds. The average Bonchev–Trinajstić information content (AvgIpc) is 2.77. The van der Waals surface area contributed by atoms with Gasteiger partial charge in [-0.1, -0.05) is 18.2 Å². The summed E-state index contributed by atoms with van der Waals surface area (Å²) >= 11 is 1.93. The Morgan fingerprint density at radius 2 is 2.21 bits per heavy atom. The first-order valence-electron chi connectivity index (χ1n) is 6.88. The SMILES string of the molecule is CC(C)NC(=O)CCNCC1CSc2ccccc21. The Bertz CT molecular complexity index is 434. The molecule has 0 bridgehead atoms. The monoisotopic (exact) mass is 278 g/mol. The smallest absolute Gasteiger partial charge is 0.221 e. The molecule has 1 aromatic rings. The van der Waals surface area contributed by atoms with Gasteiger partial charge in [0.15, 0.2) is 0 Å². The van der Waals surface area contributed by atoms with Crippen LogP contribution in [0.15, 0.2) is 29.2 Å². The lowest BCUT2D eigenvalue weighted by Crippen LogP contribution is -2.33. The summed E-state index contributed by atoms with van der Waals surface area (Å²) in [6, 6.07) is 8.83. The number of thioether (sulfide) groups is 1. The van der Waals surface area contributed by atoms with E-state index in [4.69, 9.17) is 0 Å². The Kier molecular flexibility index (Phi) is 5.28. The maximum atomic E-state index is 11.5. The number of hydrogen-bond acceptors (Lipinski definition) is 3. The fraction of sp³-hybridized carbons (Fsp3) is 0.533. The lowest BCUT2D eigenvalue weighted by molar-refractivity contribution is -0.121. The van der Waals surface area contributed by atoms with Crippen molar-refractivity contribution in [3.05, 3.63) is 29.8 Å². The van der Waals surface area contributed by atoms with E-state index >= 15 is 0 Å². The number of hydrogen-bond donors (Lipinski definition) is 2. The Balaban J connectivity index is 1.69. The van der Waals surface area contributed by atoms with Crippen LogP contribution in [0.1, 0.15) is 31.7 Å². The van der Waals surface area contributed by atoms with Gasteiger partial charge in [0.2, 0.25) is 5.91 Å². The third kappa shape index (κ3) is 4.25. The van der Waals surface area contributed by atoms with Gasteiger partial charge < -0.3 is 10.6 Å². The van der Waals surface area contributed by atoms with E-state index in [0.717, 1.165) is 18.8 Å². The number of rotatable bonds is 6. The number of carbonyl (C=O) groups excluding carboxylic acids is 1. The first-order valence-corrected chi connectivity index (χ1v) is 7.87. The summed E-state index contributed by atoms with van der Waals surface area (Å²) in [6.45, 7) is 5.68. The molecular weight excluding hydrogens is 256 g/mol. The molecule has 3 nitrogen and oxygen atoms in total. The molecule has 1 unspecified atom stereocenters. The van der Waals surface area contributed by atoms with Crippen LogP contribution >= 0.6 is 11.8 Å². The van der Waals surface area contributed by atoms with Gasteiger partial charge >= 0.3 is 0 Å². The van der Waals surface area contributed by atoms with Crippen LogP contribution in [0.4, 0.5) is 0 Å². The van der Waals surface area contributed by atoms with E-state index in [9.17, 15) is 4.79 Å². The van der Waals surface area contributed by atoms with Gasteiger partial charge in [0, 0.05) is 42.1 Å². The highest BCUT2D eigenvalue weighted by Crippen LogP contribution is 2.38. The molecule has 0 spiro atoms. The first kappa shape index (κ1) is 14.4. The van der Waals surface area contributed by atoms with Gasteiger partial charge in [-0.05, 0) is 25.5 Å². The highest BCUT2D eigenvalue weighted by molar-refractivity contribution is 7.99. The van der Waals surface area contributed by atoms with Gasteiger partial charge in [0.05, 0.1) is 0 Å². The van der Waals surface area contributed by atoms with Crippen LogP contribution in [0.2, 0.25) is 0 Å². The van der Waals surface area contributed by atoms with Crippen molar-refractivity contribution in [2.75, 3.05) is 18.8 Å². The van der Waals surface area contributed by atoms with Crippen molar-refractivity contribution in [3.8, 4) is 0 Å². The quantitative estimate of drug-likeness (QED) is 0.785. The van der Waals surface area contributed by atoms with Gasteiger partial charge in [0.1, 0.15) is 0 Å². The summed E-state index contributed by atoms with van der Waals surface area (Å²) in [7, 11) is 0. The van der Waals surface area contributed by atoms with Crippen molar-refractivity contribution >= 4 is 17.7 Å². The molecule has 0 radical (unpaired) electrons. The average molecular weight is 278 g/mol. The van der Waals surface area contributed by atoms with E-state index in [1.165, 1.54) is 10.5 Å². The molecule has 4 heteroatoms. The predicted molar refractivity (Wildman–Crippen MR) is 80.7 cm³/mol.